The molecule has 0 fully saturated rings. The first-order valence-electron chi connectivity index (χ1n) is 9.59. The van der Waals surface area contributed by atoms with Gasteiger partial charge >= 0.3 is 0 Å². The Hall–Kier alpha value is -3.69. The lowest BCUT2D eigenvalue weighted by Crippen LogP contribution is -2.42. The van der Waals surface area contributed by atoms with E-state index in [0.29, 0.717) is 5.56 Å². The Labute approximate surface area is 180 Å². The van der Waals surface area contributed by atoms with Crippen LogP contribution in [0.1, 0.15) is 29.2 Å². The number of halogens is 4. The smallest absolute Gasteiger partial charge is 0.282 e. The molecule has 4 rings (SSSR count). The van der Waals surface area contributed by atoms with E-state index < -0.39 is 46.1 Å². The fourth-order valence-electron chi connectivity index (χ4n) is 3.84. The van der Waals surface area contributed by atoms with Gasteiger partial charge in [-0.3, -0.25) is 4.79 Å². The van der Waals surface area contributed by atoms with Gasteiger partial charge in [0.05, 0.1) is 12.2 Å². The molecular weight excluding hydrogens is 428 g/mol. The quantitative estimate of drug-likeness (QED) is 0.380. The first-order chi connectivity index (χ1) is 15.2. The summed E-state index contributed by atoms with van der Waals surface area (Å²) in [6.45, 7) is 2.77. The van der Waals surface area contributed by atoms with Crippen LogP contribution in [0.25, 0.3) is 0 Å². The third kappa shape index (κ3) is 3.22. The maximum atomic E-state index is 15.2. The van der Waals surface area contributed by atoms with Crippen LogP contribution in [0.2, 0.25) is 0 Å². The highest BCUT2D eigenvalue weighted by Gasteiger charge is 2.48. The molecule has 0 spiro atoms. The van der Waals surface area contributed by atoms with E-state index in [1.807, 2.05) is 0 Å². The maximum Gasteiger partial charge on any atom is 0.282 e. The molecule has 3 aromatic rings. The predicted octanol–water partition coefficient (Wildman–Crippen LogP) is 2.85. The van der Waals surface area contributed by atoms with Crippen molar-refractivity contribution in [3.63, 3.8) is 0 Å². The van der Waals surface area contributed by atoms with Crippen LogP contribution in [0.5, 0.6) is 0 Å². The molecule has 0 saturated carbocycles. The molecule has 2 aromatic heterocycles. The Morgan fingerprint density at radius 3 is 2.53 bits per heavy atom. The number of aliphatic imine (C=N–C) groups is 1. The first kappa shape index (κ1) is 21.5. The summed E-state index contributed by atoms with van der Waals surface area (Å²) in [5.41, 5.74) is -2.32. The number of hydrogen-bond donors (Lipinski definition) is 1. The fraction of sp³-hybridized carbons (Fsp3) is 0.227. The summed E-state index contributed by atoms with van der Waals surface area (Å²) in [5, 5.41) is 3.07. The molecule has 2 atom stereocenters. The molecule has 1 aliphatic rings. The molecule has 0 amide bonds. The number of pyridine rings is 2. The van der Waals surface area contributed by atoms with Gasteiger partial charge in [0.2, 0.25) is 5.95 Å². The number of benzene rings is 1. The maximum absolute atomic E-state index is 15.2. The highest BCUT2D eigenvalue weighted by Crippen LogP contribution is 2.43. The number of amidine groups is 1. The minimum atomic E-state index is -1.68. The molecule has 1 N–H and O–H groups in total. The van der Waals surface area contributed by atoms with Crippen LogP contribution >= 0.6 is 0 Å². The number of nitrogens with one attached hydrogen (secondary N) is 1. The number of rotatable bonds is 4. The lowest BCUT2D eigenvalue weighted by atomic mass is 9.78. The van der Waals surface area contributed by atoms with Gasteiger partial charge in [0, 0.05) is 34.5 Å². The Kier molecular flexibility index (Phi) is 5.23. The summed E-state index contributed by atoms with van der Waals surface area (Å²) >= 11 is 0. The van der Waals surface area contributed by atoms with Gasteiger partial charge in [0.1, 0.15) is 24.3 Å². The second-order valence-electron chi connectivity index (χ2n) is 7.39. The minimum Gasteiger partial charge on any atom is -0.414 e. The molecule has 0 radical (unpaired) electrons. The van der Waals surface area contributed by atoms with Gasteiger partial charge in [0.25, 0.3) is 5.56 Å². The van der Waals surface area contributed by atoms with Crippen LogP contribution < -0.4 is 15.7 Å². The Balaban J connectivity index is 2.01. The normalized spacial score (nSPS) is 20.1. The zero-order valence-corrected chi connectivity index (χ0v) is 17.3. The Morgan fingerprint density at radius 2 is 1.88 bits per heavy atom. The highest BCUT2D eigenvalue weighted by atomic mass is 19.2. The van der Waals surface area contributed by atoms with E-state index in [2.05, 4.69) is 15.3 Å². The third-order valence-corrected chi connectivity index (χ3v) is 5.58. The van der Waals surface area contributed by atoms with Gasteiger partial charge in [-0.15, -0.1) is 0 Å². The number of aromatic nitrogens is 2. The first-order valence-corrected chi connectivity index (χ1v) is 9.59. The van der Waals surface area contributed by atoms with E-state index in [4.69, 9.17) is 4.84 Å². The van der Waals surface area contributed by atoms with Gasteiger partial charge in [-0.1, -0.05) is 6.07 Å². The van der Waals surface area contributed by atoms with Crippen LogP contribution in [0.3, 0.4) is 0 Å². The van der Waals surface area contributed by atoms with Gasteiger partial charge in [-0.05, 0) is 32.0 Å². The van der Waals surface area contributed by atoms with Crippen molar-refractivity contribution in [1.82, 2.24) is 15.0 Å². The van der Waals surface area contributed by atoms with Crippen LogP contribution in [0, 0.1) is 30.3 Å². The topological polar surface area (TPSA) is 68.5 Å². The molecule has 1 aliphatic heterocycles. The summed E-state index contributed by atoms with van der Waals surface area (Å²) < 4.78 is 58.7. The van der Waals surface area contributed by atoms with E-state index >= 15 is 4.39 Å². The van der Waals surface area contributed by atoms with Crippen molar-refractivity contribution < 1.29 is 22.4 Å². The summed E-state index contributed by atoms with van der Waals surface area (Å²) in [6.07, 6.45) is 2.51. The summed E-state index contributed by atoms with van der Waals surface area (Å²) in [6, 6.07) is 5.27. The molecule has 0 aliphatic carbocycles. The van der Waals surface area contributed by atoms with E-state index in [9.17, 15) is 18.0 Å². The third-order valence-electron chi connectivity index (χ3n) is 5.58. The Morgan fingerprint density at radius 1 is 1.12 bits per heavy atom. The van der Waals surface area contributed by atoms with Gasteiger partial charge in [-0.2, -0.15) is 9.12 Å². The highest BCUT2D eigenvalue weighted by molar-refractivity contribution is 6.00. The largest absolute Gasteiger partial charge is 0.414 e. The zero-order valence-electron chi connectivity index (χ0n) is 17.3. The van der Waals surface area contributed by atoms with Crippen LogP contribution in [-0.4, -0.2) is 28.7 Å². The van der Waals surface area contributed by atoms with Crippen LogP contribution in [0.4, 0.5) is 17.6 Å². The van der Waals surface area contributed by atoms with E-state index in [1.54, 1.807) is 6.92 Å². The minimum absolute atomic E-state index is 0.216. The predicted molar refractivity (Wildman–Crippen MR) is 108 cm³/mol. The zero-order chi connectivity index (χ0) is 23.2. The van der Waals surface area contributed by atoms with Crippen molar-refractivity contribution >= 4 is 5.84 Å². The number of nitrogens with zero attached hydrogens (tertiary/aromatic N) is 3. The van der Waals surface area contributed by atoms with Crippen molar-refractivity contribution in [1.29, 1.82) is 0 Å². The molecule has 166 valence electrons. The van der Waals surface area contributed by atoms with Crippen LogP contribution in [-0.2, 0) is 5.54 Å². The SMILES string of the molecule is COn1cc(C2=N[C@@](c3ccc(F)nc3)(c3cc(F)c(C)c(F)c3F)[C@H](C)N2)ccc1=O. The average Bonchev–Trinajstić information content (AvgIpc) is 3.13. The molecule has 10 heteroatoms. The van der Waals surface area contributed by atoms with Crippen molar-refractivity contribution in [3.05, 3.63) is 98.7 Å². The fourth-order valence-corrected chi connectivity index (χ4v) is 3.84. The van der Waals surface area contributed by atoms with Crippen molar-refractivity contribution in [2.24, 2.45) is 4.99 Å². The number of hydrogen-bond acceptors (Lipinski definition) is 5. The molecule has 32 heavy (non-hydrogen) atoms. The van der Waals surface area contributed by atoms with Gasteiger partial charge in [-0.25, -0.2) is 23.1 Å². The summed E-state index contributed by atoms with van der Waals surface area (Å²) in [4.78, 5) is 25.1. The second kappa shape index (κ2) is 7.77. The lowest BCUT2D eigenvalue weighted by molar-refractivity contribution is 0.157. The second-order valence-corrected chi connectivity index (χ2v) is 7.39. The molecule has 1 aromatic carbocycles. The molecule has 0 unspecified atom stereocenters. The van der Waals surface area contributed by atoms with E-state index in [0.717, 1.165) is 30.0 Å². The van der Waals surface area contributed by atoms with E-state index in [1.165, 1.54) is 31.5 Å². The summed E-state index contributed by atoms with van der Waals surface area (Å²) in [5.74, 6) is -4.11. The molecule has 3 heterocycles. The lowest BCUT2D eigenvalue weighted by Gasteiger charge is -2.32. The van der Waals surface area contributed by atoms with E-state index in [-0.39, 0.29) is 17.0 Å². The van der Waals surface area contributed by atoms with Gasteiger partial charge < -0.3 is 10.2 Å². The van der Waals surface area contributed by atoms with Crippen LogP contribution in [0.15, 0.2) is 52.5 Å². The molecular formula is C22H18F4N4O2. The van der Waals surface area contributed by atoms with Crippen molar-refractivity contribution in [3.8, 4) is 0 Å². The molecule has 0 bridgehead atoms. The van der Waals surface area contributed by atoms with Gasteiger partial charge in [0.15, 0.2) is 11.6 Å². The molecule has 6 nitrogen and oxygen atoms in total. The molecule has 0 saturated heterocycles. The van der Waals surface area contributed by atoms with Crippen molar-refractivity contribution in [2.75, 3.05) is 7.11 Å². The monoisotopic (exact) mass is 446 g/mol. The Bertz CT molecular complexity index is 1290. The average molecular weight is 446 g/mol. The van der Waals surface area contributed by atoms with Crippen molar-refractivity contribution in [2.45, 2.75) is 25.4 Å². The summed E-state index contributed by atoms with van der Waals surface area (Å²) in [7, 11) is 1.30. The standard InChI is InChI=1S/C22H18F4N4O2/c1-11-16(23)8-15(20(26)19(11)25)22(14-5-6-17(24)27-9-14)12(2)28-21(29-22)13-4-7-18(31)30(10-13)32-3/h4-10,12H,1-3H3,(H,28,29)/t12-,22-/m0/s1.